The highest BCUT2D eigenvalue weighted by Gasteiger charge is 2.19. The molecule has 1 aromatic rings. The van der Waals surface area contributed by atoms with Gasteiger partial charge in [-0.25, -0.2) is 0 Å². The number of carbonyl (C=O) groups is 1. The van der Waals surface area contributed by atoms with Crippen LogP contribution >= 0.6 is 11.3 Å². The second-order valence-electron chi connectivity index (χ2n) is 4.48. The summed E-state index contributed by atoms with van der Waals surface area (Å²) in [6.45, 7) is 7.96. The third-order valence-electron chi connectivity index (χ3n) is 2.98. The molecule has 0 fully saturated rings. The van der Waals surface area contributed by atoms with E-state index >= 15 is 0 Å². The van der Waals surface area contributed by atoms with Gasteiger partial charge in [0.05, 0.1) is 4.88 Å². The van der Waals surface area contributed by atoms with Crippen LogP contribution in [0.1, 0.15) is 53.6 Å². The van der Waals surface area contributed by atoms with E-state index in [2.05, 4.69) is 13.5 Å². The molecule has 1 nitrogen and oxygen atoms in total. The largest absolute Gasteiger partial charge is 0.293 e. The van der Waals surface area contributed by atoms with E-state index in [0.29, 0.717) is 5.78 Å². The predicted octanol–water partition coefficient (Wildman–Crippen LogP) is 5.01. The maximum absolute atomic E-state index is 12.3. The molecular formula is C15H22OS. The third-order valence-corrected chi connectivity index (χ3v) is 3.99. The number of hydrogen-bond acceptors (Lipinski definition) is 2. The summed E-state index contributed by atoms with van der Waals surface area (Å²) < 4.78 is 0. The van der Waals surface area contributed by atoms with Crippen molar-refractivity contribution in [2.24, 2.45) is 5.92 Å². The number of thiophene rings is 1. The summed E-state index contributed by atoms with van der Waals surface area (Å²) in [5.41, 5.74) is 0. The lowest BCUT2D eigenvalue weighted by Gasteiger charge is -2.13. The smallest absolute Gasteiger partial charge is 0.175 e. The number of unbranched alkanes of at least 4 members (excludes halogenated alkanes) is 1. The van der Waals surface area contributed by atoms with Gasteiger partial charge in [0.1, 0.15) is 0 Å². The molecule has 0 aromatic carbocycles. The number of Topliss-reactive ketones (excluding diaryl/α,β-unsaturated/α-hetero) is 1. The molecule has 1 heterocycles. The topological polar surface area (TPSA) is 17.1 Å². The van der Waals surface area contributed by atoms with Crippen molar-refractivity contribution in [1.29, 1.82) is 0 Å². The monoisotopic (exact) mass is 250 g/mol. The Bertz CT molecular complexity index is 365. The third kappa shape index (κ3) is 4.47. The number of rotatable bonds is 8. The van der Waals surface area contributed by atoms with Crippen molar-refractivity contribution in [2.75, 3.05) is 0 Å². The Hall–Kier alpha value is -0.890. The van der Waals surface area contributed by atoms with Crippen LogP contribution in [0.3, 0.4) is 0 Å². The van der Waals surface area contributed by atoms with E-state index < -0.39 is 0 Å². The zero-order valence-electron chi connectivity index (χ0n) is 10.9. The normalized spacial score (nSPS) is 12.4. The quantitative estimate of drug-likeness (QED) is 0.468. The summed E-state index contributed by atoms with van der Waals surface area (Å²) in [6.07, 6.45) is 7.09. The Morgan fingerprint density at radius 2 is 2.24 bits per heavy atom. The van der Waals surface area contributed by atoms with E-state index in [9.17, 15) is 4.79 Å². The number of hydrogen-bond donors (Lipinski definition) is 0. The van der Waals surface area contributed by atoms with Crippen LogP contribution in [-0.4, -0.2) is 5.78 Å². The van der Waals surface area contributed by atoms with Crippen molar-refractivity contribution >= 4 is 17.1 Å². The molecule has 0 aliphatic carbocycles. The highest BCUT2D eigenvalue weighted by Crippen LogP contribution is 2.24. The van der Waals surface area contributed by atoms with Crippen LogP contribution in [-0.2, 0) is 0 Å². The van der Waals surface area contributed by atoms with Gasteiger partial charge in [-0.1, -0.05) is 25.8 Å². The van der Waals surface area contributed by atoms with Crippen molar-refractivity contribution in [1.82, 2.24) is 0 Å². The summed E-state index contributed by atoms with van der Waals surface area (Å²) >= 11 is 1.62. The van der Waals surface area contributed by atoms with Crippen LogP contribution in [0.2, 0.25) is 0 Å². The second-order valence-corrected chi connectivity index (χ2v) is 5.77. The standard InChI is InChI=1S/C15H22OS/c1-4-6-8-13(9-7-5-2)15(16)14-11-10-12(3)17-14/h4,10-11,13H,1,5-9H2,2-3H3. The van der Waals surface area contributed by atoms with Crippen LogP contribution in [0, 0.1) is 12.8 Å². The van der Waals surface area contributed by atoms with E-state index in [1.165, 1.54) is 4.88 Å². The van der Waals surface area contributed by atoms with E-state index in [4.69, 9.17) is 0 Å². The second kappa shape index (κ2) is 7.44. The lowest BCUT2D eigenvalue weighted by atomic mass is 9.92. The molecule has 17 heavy (non-hydrogen) atoms. The highest BCUT2D eigenvalue weighted by molar-refractivity contribution is 7.14. The minimum Gasteiger partial charge on any atom is -0.293 e. The molecule has 0 aliphatic rings. The van der Waals surface area contributed by atoms with E-state index in [1.54, 1.807) is 11.3 Å². The summed E-state index contributed by atoms with van der Waals surface area (Å²) in [5, 5.41) is 0. The molecule has 1 atom stereocenters. The molecule has 0 aliphatic heterocycles. The van der Waals surface area contributed by atoms with Gasteiger partial charge < -0.3 is 0 Å². The lowest BCUT2D eigenvalue weighted by molar-refractivity contribution is 0.0909. The van der Waals surface area contributed by atoms with Crippen molar-refractivity contribution in [3.63, 3.8) is 0 Å². The highest BCUT2D eigenvalue weighted by atomic mass is 32.1. The van der Waals surface area contributed by atoms with Gasteiger partial charge in [-0.3, -0.25) is 4.79 Å². The molecule has 0 N–H and O–H groups in total. The van der Waals surface area contributed by atoms with Gasteiger partial charge in [-0.2, -0.15) is 0 Å². The average Bonchev–Trinajstić information content (AvgIpc) is 2.75. The molecular weight excluding hydrogens is 228 g/mol. The molecule has 0 spiro atoms. The fourth-order valence-corrected chi connectivity index (χ4v) is 2.83. The Kier molecular flexibility index (Phi) is 6.20. The molecule has 1 unspecified atom stereocenters. The fourth-order valence-electron chi connectivity index (χ4n) is 1.94. The Morgan fingerprint density at radius 3 is 2.76 bits per heavy atom. The molecule has 0 bridgehead atoms. The van der Waals surface area contributed by atoms with Crippen LogP contribution in [0.5, 0.6) is 0 Å². The number of allylic oxidation sites excluding steroid dienone is 1. The zero-order chi connectivity index (χ0) is 12.7. The summed E-state index contributed by atoms with van der Waals surface area (Å²) in [4.78, 5) is 14.5. The SMILES string of the molecule is C=CCCC(CCCC)C(=O)c1ccc(C)s1. The molecule has 0 saturated carbocycles. The van der Waals surface area contributed by atoms with Crippen LogP contribution < -0.4 is 0 Å². The van der Waals surface area contributed by atoms with Crippen LogP contribution in [0.4, 0.5) is 0 Å². The maximum atomic E-state index is 12.3. The predicted molar refractivity (Wildman–Crippen MR) is 75.8 cm³/mol. The molecule has 0 radical (unpaired) electrons. The van der Waals surface area contributed by atoms with E-state index in [1.807, 2.05) is 25.1 Å². The van der Waals surface area contributed by atoms with E-state index in [0.717, 1.165) is 37.0 Å². The van der Waals surface area contributed by atoms with Gasteiger partial charge in [0.2, 0.25) is 0 Å². The van der Waals surface area contributed by atoms with Crippen molar-refractivity contribution in [2.45, 2.75) is 46.0 Å². The fraction of sp³-hybridized carbons (Fsp3) is 0.533. The first-order chi connectivity index (χ1) is 8.19. The van der Waals surface area contributed by atoms with Crippen LogP contribution in [0.25, 0.3) is 0 Å². The molecule has 0 saturated heterocycles. The lowest BCUT2D eigenvalue weighted by Crippen LogP contribution is -2.13. The average molecular weight is 250 g/mol. The van der Waals surface area contributed by atoms with Crippen LogP contribution in [0.15, 0.2) is 24.8 Å². The summed E-state index contributed by atoms with van der Waals surface area (Å²) in [6, 6.07) is 4.00. The van der Waals surface area contributed by atoms with Gasteiger partial charge in [-0.05, 0) is 38.3 Å². The Balaban J connectivity index is 2.67. The first kappa shape index (κ1) is 14.2. The van der Waals surface area contributed by atoms with Gasteiger partial charge >= 0.3 is 0 Å². The van der Waals surface area contributed by atoms with Crippen molar-refractivity contribution in [3.05, 3.63) is 34.5 Å². The maximum Gasteiger partial charge on any atom is 0.175 e. The molecule has 2 heteroatoms. The summed E-state index contributed by atoms with van der Waals surface area (Å²) in [5.74, 6) is 0.518. The molecule has 94 valence electrons. The van der Waals surface area contributed by atoms with Gasteiger partial charge in [-0.15, -0.1) is 17.9 Å². The Labute approximate surface area is 109 Å². The van der Waals surface area contributed by atoms with Gasteiger partial charge in [0.15, 0.2) is 5.78 Å². The van der Waals surface area contributed by atoms with Gasteiger partial charge in [0.25, 0.3) is 0 Å². The molecule has 1 aromatic heterocycles. The van der Waals surface area contributed by atoms with Crippen molar-refractivity contribution < 1.29 is 4.79 Å². The minimum absolute atomic E-state index is 0.186. The first-order valence-corrected chi connectivity index (χ1v) is 7.22. The molecule has 1 rings (SSSR count). The number of ketones is 1. The van der Waals surface area contributed by atoms with Crippen molar-refractivity contribution in [3.8, 4) is 0 Å². The zero-order valence-corrected chi connectivity index (χ0v) is 11.7. The van der Waals surface area contributed by atoms with Gasteiger partial charge in [0, 0.05) is 10.8 Å². The minimum atomic E-state index is 0.186. The molecule has 0 amide bonds. The first-order valence-electron chi connectivity index (χ1n) is 6.40. The Morgan fingerprint density at radius 1 is 1.47 bits per heavy atom. The van der Waals surface area contributed by atoms with E-state index in [-0.39, 0.29) is 5.92 Å². The summed E-state index contributed by atoms with van der Waals surface area (Å²) in [7, 11) is 0. The number of aryl methyl sites for hydroxylation is 1. The number of carbonyl (C=O) groups excluding carboxylic acids is 1.